The summed E-state index contributed by atoms with van der Waals surface area (Å²) in [7, 11) is 4.74. The fraction of sp³-hybridized carbons (Fsp3) is 0.417. The molecule has 1 atom stereocenters. The van der Waals surface area contributed by atoms with E-state index < -0.39 is 0 Å². The van der Waals surface area contributed by atoms with Crippen molar-refractivity contribution in [3.05, 3.63) is 42.0 Å². The monoisotopic (exact) mass is 458 g/mol. The number of nitrogens with zero attached hydrogens (tertiary/aromatic N) is 2. The van der Waals surface area contributed by atoms with Gasteiger partial charge in [-0.25, -0.2) is 4.99 Å². The summed E-state index contributed by atoms with van der Waals surface area (Å²) in [5.74, 6) is 2.55. The molecular weight excluding hydrogens is 428 g/mol. The largest absolute Gasteiger partial charge is 0.494 e. The standard InChI is InChI=1S/C24H30N2O5S/c1-6-12-26-23(27)21(15-16-13-19(28-3)22(30-5)20(14-16)29-4)32-24(26)25-17-8-10-18(11-9-17)31-7-2/h8-11,13-14,21H,6-7,12,15H2,1-5H3/t21-/m1/s1. The second kappa shape index (κ2) is 11.1. The second-order valence-corrected chi connectivity index (χ2v) is 8.33. The summed E-state index contributed by atoms with van der Waals surface area (Å²) in [5.41, 5.74) is 1.72. The van der Waals surface area contributed by atoms with Gasteiger partial charge in [-0.05, 0) is 61.7 Å². The molecule has 7 nitrogen and oxygen atoms in total. The Bertz CT molecular complexity index is 936. The van der Waals surface area contributed by atoms with Gasteiger partial charge in [-0.3, -0.25) is 9.69 Å². The van der Waals surface area contributed by atoms with Crippen molar-refractivity contribution in [2.75, 3.05) is 34.5 Å². The number of amidine groups is 1. The van der Waals surface area contributed by atoms with E-state index in [-0.39, 0.29) is 11.2 Å². The first-order valence-corrected chi connectivity index (χ1v) is 11.5. The molecule has 2 aromatic carbocycles. The van der Waals surface area contributed by atoms with Crippen molar-refractivity contribution >= 4 is 28.5 Å². The highest BCUT2D eigenvalue weighted by Crippen LogP contribution is 2.40. The number of methoxy groups -OCH3 is 3. The lowest BCUT2D eigenvalue weighted by molar-refractivity contribution is -0.126. The third-order valence-corrected chi connectivity index (χ3v) is 6.16. The van der Waals surface area contributed by atoms with Gasteiger partial charge in [0, 0.05) is 6.54 Å². The Labute approximate surface area is 193 Å². The number of benzene rings is 2. The van der Waals surface area contributed by atoms with Gasteiger partial charge < -0.3 is 18.9 Å². The second-order valence-electron chi connectivity index (χ2n) is 7.16. The van der Waals surface area contributed by atoms with Crippen LogP contribution in [-0.4, -0.2) is 55.7 Å². The summed E-state index contributed by atoms with van der Waals surface area (Å²) in [6.07, 6.45) is 1.38. The van der Waals surface area contributed by atoms with Crippen LogP contribution in [0.15, 0.2) is 41.4 Å². The lowest BCUT2D eigenvalue weighted by Gasteiger charge is -2.16. The number of aliphatic imine (C=N–C) groups is 1. The van der Waals surface area contributed by atoms with Gasteiger partial charge in [-0.1, -0.05) is 18.7 Å². The average Bonchev–Trinajstić information content (AvgIpc) is 3.08. The van der Waals surface area contributed by atoms with Crippen LogP contribution < -0.4 is 18.9 Å². The van der Waals surface area contributed by atoms with Crippen LogP contribution in [0.4, 0.5) is 5.69 Å². The molecule has 172 valence electrons. The van der Waals surface area contributed by atoms with Crippen molar-refractivity contribution in [3.63, 3.8) is 0 Å². The summed E-state index contributed by atoms with van der Waals surface area (Å²) < 4.78 is 21.8. The molecular formula is C24H30N2O5S. The molecule has 0 saturated carbocycles. The molecule has 0 spiro atoms. The van der Waals surface area contributed by atoms with Gasteiger partial charge in [0.1, 0.15) is 5.75 Å². The number of rotatable bonds is 10. The molecule has 1 aliphatic rings. The average molecular weight is 459 g/mol. The van der Waals surface area contributed by atoms with Crippen molar-refractivity contribution in [3.8, 4) is 23.0 Å². The maximum atomic E-state index is 13.2. The van der Waals surface area contributed by atoms with Crippen molar-refractivity contribution in [1.82, 2.24) is 4.90 Å². The van der Waals surface area contributed by atoms with Crippen molar-refractivity contribution in [1.29, 1.82) is 0 Å². The van der Waals surface area contributed by atoms with E-state index in [2.05, 4.69) is 6.92 Å². The van der Waals surface area contributed by atoms with Crippen molar-refractivity contribution in [2.45, 2.75) is 31.9 Å². The Kier molecular flexibility index (Phi) is 8.27. The van der Waals surface area contributed by atoms with Crippen LogP contribution >= 0.6 is 11.8 Å². The fourth-order valence-electron chi connectivity index (χ4n) is 3.52. The van der Waals surface area contributed by atoms with E-state index in [0.29, 0.717) is 36.8 Å². The zero-order valence-electron chi connectivity index (χ0n) is 19.2. The Morgan fingerprint density at radius 2 is 1.66 bits per heavy atom. The first-order valence-electron chi connectivity index (χ1n) is 10.6. The van der Waals surface area contributed by atoms with Gasteiger partial charge in [-0.2, -0.15) is 0 Å². The lowest BCUT2D eigenvalue weighted by Crippen LogP contribution is -2.33. The van der Waals surface area contributed by atoms with E-state index >= 15 is 0 Å². The van der Waals surface area contributed by atoms with E-state index in [4.69, 9.17) is 23.9 Å². The number of carbonyl (C=O) groups is 1. The number of carbonyl (C=O) groups excluding carboxylic acids is 1. The number of thioether (sulfide) groups is 1. The van der Waals surface area contributed by atoms with Crippen LogP contribution in [0.1, 0.15) is 25.8 Å². The zero-order chi connectivity index (χ0) is 23.1. The third-order valence-electron chi connectivity index (χ3n) is 4.99. The quantitative estimate of drug-likeness (QED) is 0.514. The van der Waals surface area contributed by atoms with Crippen LogP contribution in [0, 0.1) is 0 Å². The minimum Gasteiger partial charge on any atom is -0.494 e. The molecule has 0 aliphatic carbocycles. The number of hydrogen-bond donors (Lipinski definition) is 0. The minimum absolute atomic E-state index is 0.0651. The molecule has 1 saturated heterocycles. The number of hydrogen-bond acceptors (Lipinski definition) is 7. The van der Waals surface area contributed by atoms with Crippen LogP contribution in [0.3, 0.4) is 0 Å². The highest BCUT2D eigenvalue weighted by atomic mass is 32.2. The first-order chi connectivity index (χ1) is 15.5. The van der Waals surface area contributed by atoms with Crippen molar-refractivity contribution in [2.24, 2.45) is 4.99 Å². The number of ether oxygens (including phenoxy) is 4. The predicted octanol–water partition coefficient (Wildman–Crippen LogP) is 4.70. The molecule has 1 aliphatic heterocycles. The highest BCUT2D eigenvalue weighted by Gasteiger charge is 2.37. The van der Waals surface area contributed by atoms with Crippen LogP contribution in [0.2, 0.25) is 0 Å². The molecule has 8 heteroatoms. The molecule has 0 aromatic heterocycles. The molecule has 0 radical (unpaired) electrons. The van der Waals surface area contributed by atoms with Gasteiger partial charge in [0.2, 0.25) is 11.7 Å². The van der Waals surface area contributed by atoms with E-state index in [0.717, 1.165) is 28.6 Å². The molecule has 0 N–H and O–H groups in total. The molecule has 32 heavy (non-hydrogen) atoms. The fourth-order valence-corrected chi connectivity index (χ4v) is 4.74. The SMILES string of the molecule is CCCN1C(=O)[C@@H](Cc2cc(OC)c(OC)c(OC)c2)SC1=Nc1ccc(OCC)cc1. The van der Waals surface area contributed by atoms with Gasteiger partial charge in [0.15, 0.2) is 16.7 Å². The summed E-state index contributed by atoms with van der Waals surface area (Å²) >= 11 is 1.49. The summed E-state index contributed by atoms with van der Waals surface area (Å²) in [4.78, 5) is 19.7. The molecule has 0 bridgehead atoms. The Hall–Kier alpha value is -2.87. The van der Waals surface area contributed by atoms with E-state index in [1.54, 1.807) is 26.2 Å². The Balaban J connectivity index is 1.85. The summed E-state index contributed by atoms with van der Waals surface area (Å²) in [5, 5.41) is 0.448. The van der Waals surface area contributed by atoms with Gasteiger partial charge in [0.05, 0.1) is 38.9 Å². The third kappa shape index (κ3) is 5.30. The van der Waals surface area contributed by atoms with Crippen LogP contribution in [0.25, 0.3) is 0 Å². The molecule has 1 heterocycles. The Morgan fingerprint density at radius 1 is 1.00 bits per heavy atom. The smallest absolute Gasteiger partial charge is 0.242 e. The van der Waals surface area contributed by atoms with E-state index in [1.807, 2.05) is 43.3 Å². The molecule has 1 fully saturated rings. The van der Waals surface area contributed by atoms with E-state index in [1.165, 1.54) is 11.8 Å². The molecule has 3 rings (SSSR count). The maximum Gasteiger partial charge on any atom is 0.242 e. The normalized spacial score (nSPS) is 17.0. The van der Waals surface area contributed by atoms with Crippen LogP contribution in [-0.2, 0) is 11.2 Å². The molecule has 1 amide bonds. The van der Waals surface area contributed by atoms with Gasteiger partial charge in [0.25, 0.3) is 0 Å². The molecule has 0 unspecified atom stereocenters. The first kappa shape index (κ1) is 23.8. The van der Waals surface area contributed by atoms with Gasteiger partial charge >= 0.3 is 0 Å². The minimum atomic E-state index is -0.272. The maximum absolute atomic E-state index is 13.2. The van der Waals surface area contributed by atoms with E-state index in [9.17, 15) is 4.79 Å². The van der Waals surface area contributed by atoms with Crippen LogP contribution in [0.5, 0.6) is 23.0 Å². The number of amides is 1. The predicted molar refractivity (Wildman–Crippen MR) is 128 cm³/mol. The van der Waals surface area contributed by atoms with Gasteiger partial charge in [-0.15, -0.1) is 0 Å². The molecule has 2 aromatic rings. The zero-order valence-corrected chi connectivity index (χ0v) is 20.0. The Morgan fingerprint density at radius 3 is 2.19 bits per heavy atom. The summed E-state index contributed by atoms with van der Waals surface area (Å²) in [6, 6.07) is 11.4. The van der Waals surface area contributed by atoms with Crippen molar-refractivity contribution < 1.29 is 23.7 Å². The highest BCUT2D eigenvalue weighted by molar-refractivity contribution is 8.15. The topological polar surface area (TPSA) is 69.6 Å². The summed E-state index contributed by atoms with van der Waals surface area (Å²) in [6.45, 7) is 5.25. The lowest BCUT2D eigenvalue weighted by atomic mass is 10.1.